The topological polar surface area (TPSA) is 66.9 Å². The molecular formula is C22H21ClN2O4S. The third-order valence-electron chi connectivity index (χ3n) is 5.99. The Hall–Kier alpha value is -2.38. The first-order valence-electron chi connectivity index (χ1n) is 9.93. The van der Waals surface area contributed by atoms with Crippen LogP contribution in [-0.2, 0) is 16.1 Å². The van der Waals surface area contributed by atoms with Gasteiger partial charge in [0.1, 0.15) is 23.0 Å². The number of piperidine rings is 1. The molecule has 4 heterocycles. The normalized spacial score (nSPS) is 18.6. The number of para-hydroxylation sites is 1. The van der Waals surface area contributed by atoms with E-state index >= 15 is 0 Å². The number of halogens is 1. The number of carbonyl (C=O) groups excluding carboxylic acids is 2. The van der Waals surface area contributed by atoms with Crippen molar-refractivity contribution >= 4 is 46.1 Å². The van der Waals surface area contributed by atoms with Crippen molar-refractivity contribution < 1.29 is 18.4 Å². The molecule has 30 heavy (non-hydrogen) atoms. The smallest absolute Gasteiger partial charge is 0.237 e. The van der Waals surface area contributed by atoms with Crippen molar-refractivity contribution in [1.29, 1.82) is 0 Å². The second kappa shape index (κ2) is 7.71. The minimum atomic E-state index is -0.284. The van der Waals surface area contributed by atoms with Crippen LogP contribution >= 0.6 is 23.4 Å². The molecule has 8 heteroatoms. The fourth-order valence-corrected chi connectivity index (χ4v) is 5.88. The van der Waals surface area contributed by atoms with E-state index in [-0.39, 0.29) is 22.6 Å². The lowest BCUT2D eigenvalue weighted by Gasteiger charge is -2.43. The lowest BCUT2D eigenvalue weighted by molar-refractivity contribution is -0.134. The van der Waals surface area contributed by atoms with Crippen molar-refractivity contribution in [3.8, 4) is 11.3 Å². The zero-order valence-electron chi connectivity index (χ0n) is 16.3. The molecule has 2 aliphatic rings. The average Bonchev–Trinajstić information content (AvgIpc) is 3.50. The summed E-state index contributed by atoms with van der Waals surface area (Å²) in [7, 11) is 0. The first kappa shape index (κ1) is 19.6. The number of furan rings is 2. The highest BCUT2D eigenvalue weighted by molar-refractivity contribution is 8.01. The maximum atomic E-state index is 12.7. The molecule has 0 N–H and O–H groups in total. The summed E-state index contributed by atoms with van der Waals surface area (Å²) in [5.74, 6) is 1.99. The van der Waals surface area contributed by atoms with Crippen LogP contribution in [0.15, 0.2) is 51.5 Å². The molecule has 2 fully saturated rings. The lowest BCUT2D eigenvalue weighted by atomic mass is 10.0. The van der Waals surface area contributed by atoms with Crippen molar-refractivity contribution in [3.05, 3.63) is 48.4 Å². The summed E-state index contributed by atoms with van der Waals surface area (Å²) in [6.45, 7) is 1.65. The molecule has 2 aromatic heterocycles. The molecule has 2 saturated heterocycles. The van der Waals surface area contributed by atoms with E-state index in [4.69, 9.17) is 20.4 Å². The summed E-state index contributed by atoms with van der Waals surface area (Å²) in [6.07, 6.45) is 3.15. The Morgan fingerprint density at radius 1 is 1.17 bits per heavy atom. The number of hydrogen-bond acceptors (Lipinski definition) is 5. The van der Waals surface area contributed by atoms with Gasteiger partial charge in [-0.05, 0) is 37.1 Å². The molecule has 2 aliphatic heterocycles. The van der Waals surface area contributed by atoms with Crippen LogP contribution in [0.4, 0.5) is 0 Å². The Morgan fingerprint density at radius 3 is 2.80 bits per heavy atom. The van der Waals surface area contributed by atoms with Gasteiger partial charge in [-0.1, -0.05) is 12.1 Å². The maximum Gasteiger partial charge on any atom is 0.237 e. The molecule has 1 spiro atoms. The molecule has 3 aromatic rings. The summed E-state index contributed by atoms with van der Waals surface area (Å²) in [5, 5.41) is 1.02. The number of thioether (sulfide) groups is 1. The van der Waals surface area contributed by atoms with Crippen molar-refractivity contribution in [2.75, 3.05) is 24.7 Å². The number of rotatable bonds is 4. The van der Waals surface area contributed by atoms with Crippen LogP contribution in [-0.4, -0.2) is 51.2 Å². The largest absolute Gasteiger partial charge is 0.464 e. The first-order valence-corrected chi connectivity index (χ1v) is 11.5. The van der Waals surface area contributed by atoms with E-state index in [1.54, 1.807) is 22.9 Å². The SMILES string of the molecule is O=C(CCl)N1CCC2(CC1)SCC(=O)N2Cc1ccc(-c2cccc3ccoc23)o1. The summed E-state index contributed by atoms with van der Waals surface area (Å²) < 4.78 is 11.7. The minimum Gasteiger partial charge on any atom is -0.464 e. The number of benzene rings is 1. The average molecular weight is 445 g/mol. The standard InChI is InChI=1S/C22H21ClN2O4S/c23-12-19(26)24-9-7-22(8-10-24)25(20(27)14-30-22)13-16-4-5-18(29-16)17-3-1-2-15-6-11-28-21(15)17/h1-6,11H,7-10,12-14H2. The lowest BCUT2D eigenvalue weighted by Crippen LogP contribution is -2.52. The van der Waals surface area contributed by atoms with Gasteiger partial charge in [-0.2, -0.15) is 0 Å². The molecule has 0 atom stereocenters. The predicted octanol–water partition coefficient (Wildman–Crippen LogP) is 4.33. The van der Waals surface area contributed by atoms with E-state index in [2.05, 4.69) is 0 Å². The molecule has 6 nitrogen and oxygen atoms in total. The zero-order valence-corrected chi connectivity index (χ0v) is 17.9. The zero-order chi connectivity index (χ0) is 20.7. The van der Waals surface area contributed by atoms with Crippen LogP contribution in [0.5, 0.6) is 0 Å². The third-order valence-corrected chi connectivity index (χ3v) is 7.77. The van der Waals surface area contributed by atoms with Crippen LogP contribution in [0.1, 0.15) is 18.6 Å². The quantitative estimate of drug-likeness (QED) is 0.560. The minimum absolute atomic E-state index is 0.000380. The summed E-state index contributed by atoms with van der Waals surface area (Å²) >= 11 is 7.37. The van der Waals surface area contributed by atoms with Gasteiger partial charge in [-0.15, -0.1) is 23.4 Å². The number of likely N-dealkylation sites (tertiary alicyclic amines) is 1. The number of carbonyl (C=O) groups is 2. The van der Waals surface area contributed by atoms with Gasteiger partial charge in [0.2, 0.25) is 11.8 Å². The van der Waals surface area contributed by atoms with E-state index in [0.717, 1.165) is 40.9 Å². The van der Waals surface area contributed by atoms with E-state index in [0.29, 0.717) is 25.4 Å². The predicted molar refractivity (Wildman–Crippen MR) is 116 cm³/mol. The number of alkyl halides is 1. The summed E-state index contributed by atoms with van der Waals surface area (Å²) in [6, 6.07) is 11.7. The van der Waals surface area contributed by atoms with Gasteiger partial charge >= 0.3 is 0 Å². The molecule has 0 bridgehead atoms. The third kappa shape index (κ3) is 3.30. The Bertz CT molecular complexity index is 1100. The number of fused-ring (bicyclic) bond motifs is 1. The maximum absolute atomic E-state index is 12.7. The van der Waals surface area contributed by atoms with Gasteiger partial charge in [0.15, 0.2) is 0 Å². The van der Waals surface area contributed by atoms with Crippen LogP contribution < -0.4 is 0 Å². The van der Waals surface area contributed by atoms with E-state index in [1.807, 2.05) is 41.3 Å². The molecule has 2 amide bonds. The van der Waals surface area contributed by atoms with Crippen molar-refractivity contribution in [1.82, 2.24) is 9.80 Å². The molecule has 0 saturated carbocycles. The van der Waals surface area contributed by atoms with Gasteiger partial charge in [0.05, 0.1) is 29.0 Å². The van der Waals surface area contributed by atoms with Crippen molar-refractivity contribution in [2.24, 2.45) is 0 Å². The number of amides is 2. The van der Waals surface area contributed by atoms with Crippen LogP contribution in [0.3, 0.4) is 0 Å². The summed E-state index contributed by atoms with van der Waals surface area (Å²) in [4.78, 5) is 28.0. The van der Waals surface area contributed by atoms with E-state index < -0.39 is 0 Å². The van der Waals surface area contributed by atoms with Crippen molar-refractivity contribution in [2.45, 2.75) is 24.3 Å². The highest BCUT2D eigenvalue weighted by Crippen LogP contribution is 2.45. The molecule has 0 radical (unpaired) electrons. The van der Waals surface area contributed by atoms with E-state index in [1.165, 1.54) is 0 Å². The second-order valence-electron chi connectivity index (χ2n) is 7.64. The monoisotopic (exact) mass is 444 g/mol. The highest BCUT2D eigenvalue weighted by atomic mass is 35.5. The Balaban J connectivity index is 1.36. The molecule has 0 aliphatic carbocycles. The highest BCUT2D eigenvalue weighted by Gasteiger charge is 2.48. The molecule has 156 valence electrons. The molecule has 1 aromatic carbocycles. The van der Waals surface area contributed by atoms with Gasteiger partial charge in [-0.25, -0.2) is 0 Å². The summed E-state index contributed by atoms with van der Waals surface area (Å²) in [5.41, 5.74) is 1.69. The van der Waals surface area contributed by atoms with Crippen LogP contribution in [0.25, 0.3) is 22.3 Å². The molecule has 5 rings (SSSR count). The van der Waals surface area contributed by atoms with Crippen molar-refractivity contribution in [3.63, 3.8) is 0 Å². The molecule has 0 unspecified atom stereocenters. The fourth-order valence-electron chi connectivity index (χ4n) is 4.37. The van der Waals surface area contributed by atoms with Gasteiger partial charge in [0.25, 0.3) is 0 Å². The van der Waals surface area contributed by atoms with Gasteiger partial charge in [0, 0.05) is 18.5 Å². The first-order chi connectivity index (χ1) is 14.6. The molecular weight excluding hydrogens is 424 g/mol. The number of hydrogen-bond donors (Lipinski definition) is 0. The second-order valence-corrected chi connectivity index (χ2v) is 9.24. The van der Waals surface area contributed by atoms with E-state index in [9.17, 15) is 9.59 Å². The van der Waals surface area contributed by atoms with Gasteiger partial charge < -0.3 is 18.6 Å². The van der Waals surface area contributed by atoms with Gasteiger partial charge in [-0.3, -0.25) is 9.59 Å². The fraction of sp³-hybridized carbons (Fsp3) is 0.364. The van der Waals surface area contributed by atoms with Crippen LogP contribution in [0.2, 0.25) is 0 Å². The Kier molecular flexibility index (Phi) is 5.03. The van der Waals surface area contributed by atoms with Crippen LogP contribution in [0, 0.1) is 0 Å². The Morgan fingerprint density at radius 2 is 2.00 bits per heavy atom. The number of nitrogens with zero attached hydrogens (tertiary/aromatic N) is 2. The Labute approximate surface area is 183 Å².